The molecule has 0 spiro atoms. The van der Waals surface area contributed by atoms with Crippen LogP contribution < -0.4 is 5.56 Å². The van der Waals surface area contributed by atoms with Crippen molar-refractivity contribution in [3.05, 3.63) is 75.8 Å². The van der Waals surface area contributed by atoms with E-state index in [1.807, 2.05) is 43.3 Å². The van der Waals surface area contributed by atoms with Crippen LogP contribution in [0.4, 0.5) is 5.69 Å². The zero-order valence-corrected chi connectivity index (χ0v) is 13.2. The molecule has 0 unspecified atom stereocenters. The third-order valence-corrected chi connectivity index (χ3v) is 3.70. The van der Waals surface area contributed by atoms with Crippen molar-refractivity contribution in [3.63, 3.8) is 0 Å². The topological polar surface area (TPSA) is 63.0 Å². The number of aryl methyl sites for hydroxylation is 2. The molecule has 5 heteroatoms. The van der Waals surface area contributed by atoms with Crippen molar-refractivity contribution in [2.75, 3.05) is 0 Å². The van der Waals surface area contributed by atoms with E-state index >= 15 is 0 Å². The normalized spacial score (nSPS) is 11.2. The van der Waals surface area contributed by atoms with Gasteiger partial charge >= 0.3 is 0 Å². The van der Waals surface area contributed by atoms with Gasteiger partial charge in [-0.2, -0.15) is 0 Å². The van der Waals surface area contributed by atoms with Gasteiger partial charge in [-0.1, -0.05) is 31.2 Å². The Hall–Kier alpha value is -2.95. The molecular weight excluding hydrogens is 288 g/mol. The lowest BCUT2D eigenvalue weighted by molar-refractivity contribution is 0.807. The summed E-state index contributed by atoms with van der Waals surface area (Å²) in [6.45, 7) is 3.94. The zero-order chi connectivity index (χ0) is 16.2. The molecule has 3 rings (SSSR count). The largest absolute Gasteiger partial charge is 0.293 e. The molecule has 23 heavy (non-hydrogen) atoms. The molecule has 0 atom stereocenters. The monoisotopic (exact) mass is 306 g/mol. The molecule has 2 heterocycles. The van der Waals surface area contributed by atoms with Crippen LogP contribution in [0.5, 0.6) is 0 Å². The summed E-state index contributed by atoms with van der Waals surface area (Å²) < 4.78 is 1.43. The van der Waals surface area contributed by atoms with Gasteiger partial charge in [0, 0.05) is 18.1 Å². The van der Waals surface area contributed by atoms with E-state index in [1.54, 1.807) is 18.5 Å². The first-order valence-electron chi connectivity index (χ1n) is 7.55. The third kappa shape index (κ3) is 2.99. The van der Waals surface area contributed by atoms with Gasteiger partial charge in [0.25, 0.3) is 5.56 Å². The van der Waals surface area contributed by atoms with E-state index in [9.17, 15) is 4.79 Å². The van der Waals surface area contributed by atoms with Crippen LogP contribution in [0.3, 0.4) is 0 Å². The van der Waals surface area contributed by atoms with E-state index in [2.05, 4.69) is 22.0 Å². The summed E-state index contributed by atoms with van der Waals surface area (Å²) in [5.41, 5.74) is 3.19. The second-order valence-corrected chi connectivity index (χ2v) is 5.22. The number of hydrogen-bond acceptors (Lipinski definition) is 3. The number of nitrogens with zero attached hydrogens (tertiary/aromatic N) is 3. The van der Waals surface area contributed by atoms with Crippen LogP contribution in [0.1, 0.15) is 23.7 Å². The maximum atomic E-state index is 12.6. The van der Waals surface area contributed by atoms with Crippen molar-refractivity contribution < 1.29 is 0 Å². The minimum atomic E-state index is -0.154. The highest BCUT2D eigenvalue weighted by molar-refractivity contribution is 5.83. The summed E-state index contributed by atoms with van der Waals surface area (Å²) in [5, 5.41) is 3.04. The molecule has 0 saturated carbocycles. The number of aromatic amines is 1. The number of aromatic nitrogens is 3. The molecule has 0 aliphatic heterocycles. The van der Waals surface area contributed by atoms with Gasteiger partial charge in [-0.25, -0.2) is 9.67 Å². The maximum absolute atomic E-state index is 12.6. The van der Waals surface area contributed by atoms with Crippen LogP contribution in [-0.4, -0.2) is 21.0 Å². The fourth-order valence-corrected chi connectivity index (χ4v) is 2.43. The Kier molecular flexibility index (Phi) is 4.19. The minimum Gasteiger partial charge on any atom is -0.293 e. The SMILES string of the molecule is CCc1ccccc1N=Cc1c(C)[nH]n(-c2ccccn2)c1=O. The zero-order valence-electron chi connectivity index (χ0n) is 13.2. The Labute approximate surface area is 134 Å². The molecule has 5 nitrogen and oxygen atoms in total. The summed E-state index contributed by atoms with van der Waals surface area (Å²) in [6.07, 6.45) is 4.18. The second-order valence-electron chi connectivity index (χ2n) is 5.22. The first-order chi connectivity index (χ1) is 11.2. The summed E-state index contributed by atoms with van der Waals surface area (Å²) >= 11 is 0. The highest BCUT2D eigenvalue weighted by Gasteiger charge is 2.11. The fourth-order valence-electron chi connectivity index (χ4n) is 2.43. The highest BCUT2D eigenvalue weighted by atomic mass is 16.1. The maximum Gasteiger partial charge on any atom is 0.281 e. The number of H-pyrrole nitrogens is 1. The number of hydrogen-bond donors (Lipinski definition) is 1. The van der Waals surface area contributed by atoms with Gasteiger partial charge in [-0.05, 0) is 37.1 Å². The number of pyridine rings is 1. The van der Waals surface area contributed by atoms with Gasteiger partial charge in [0.05, 0.1) is 11.3 Å². The van der Waals surface area contributed by atoms with Crippen LogP contribution in [0, 0.1) is 6.92 Å². The summed E-state index contributed by atoms with van der Waals surface area (Å²) in [7, 11) is 0. The lowest BCUT2D eigenvalue weighted by Gasteiger charge is -2.00. The molecule has 116 valence electrons. The third-order valence-electron chi connectivity index (χ3n) is 3.70. The summed E-state index contributed by atoms with van der Waals surface area (Å²) in [6, 6.07) is 13.4. The average Bonchev–Trinajstić information content (AvgIpc) is 2.88. The summed E-state index contributed by atoms with van der Waals surface area (Å²) in [5.74, 6) is 0.564. The number of benzene rings is 1. The number of nitrogens with one attached hydrogen (secondary N) is 1. The van der Waals surface area contributed by atoms with Gasteiger partial charge < -0.3 is 0 Å². The molecule has 0 bridgehead atoms. The molecule has 0 radical (unpaired) electrons. The van der Waals surface area contributed by atoms with Crippen LogP contribution in [-0.2, 0) is 6.42 Å². The predicted octanol–water partition coefficient (Wildman–Crippen LogP) is 3.18. The van der Waals surface area contributed by atoms with Crippen molar-refractivity contribution in [3.8, 4) is 5.82 Å². The van der Waals surface area contributed by atoms with E-state index in [1.165, 1.54) is 4.68 Å². The van der Waals surface area contributed by atoms with Gasteiger partial charge in [-0.3, -0.25) is 14.9 Å². The highest BCUT2D eigenvalue weighted by Crippen LogP contribution is 2.18. The van der Waals surface area contributed by atoms with Crippen molar-refractivity contribution in [2.24, 2.45) is 4.99 Å². The number of para-hydroxylation sites is 1. The molecule has 0 aliphatic carbocycles. The van der Waals surface area contributed by atoms with E-state index in [0.29, 0.717) is 11.4 Å². The van der Waals surface area contributed by atoms with Crippen molar-refractivity contribution in [1.29, 1.82) is 0 Å². The van der Waals surface area contributed by atoms with Gasteiger partial charge in [0.1, 0.15) is 0 Å². The van der Waals surface area contributed by atoms with E-state index < -0.39 is 0 Å². The van der Waals surface area contributed by atoms with Crippen LogP contribution in [0.2, 0.25) is 0 Å². The number of rotatable bonds is 4. The lowest BCUT2D eigenvalue weighted by Crippen LogP contribution is -2.18. The molecular formula is C18H18N4O. The van der Waals surface area contributed by atoms with Crippen molar-refractivity contribution >= 4 is 11.9 Å². The first kappa shape index (κ1) is 15.0. The van der Waals surface area contributed by atoms with Gasteiger partial charge in [-0.15, -0.1) is 0 Å². The molecule has 0 saturated heterocycles. The molecule has 2 aromatic heterocycles. The Morgan fingerprint density at radius 1 is 1.22 bits per heavy atom. The van der Waals surface area contributed by atoms with Crippen LogP contribution in [0.15, 0.2) is 58.4 Å². The average molecular weight is 306 g/mol. The standard InChI is InChI=1S/C18H18N4O/c1-3-14-8-4-5-9-16(14)20-12-15-13(2)21-22(18(15)23)17-10-6-7-11-19-17/h4-12,21H,3H2,1-2H3. The van der Waals surface area contributed by atoms with Crippen molar-refractivity contribution in [2.45, 2.75) is 20.3 Å². The molecule has 1 aromatic carbocycles. The first-order valence-corrected chi connectivity index (χ1v) is 7.55. The molecule has 0 fully saturated rings. The quantitative estimate of drug-likeness (QED) is 0.752. The van der Waals surface area contributed by atoms with Crippen molar-refractivity contribution in [1.82, 2.24) is 14.8 Å². The molecule has 0 aliphatic rings. The molecule has 3 aromatic rings. The predicted molar refractivity (Wildman–Crippen MR) is 92.0 cm³/mol. The van der Waals surface area contributed by atoms with Crippen LogP contribution >= 0.6 is 0 Å². The Bertz CT molecular complexity index is 891. The number of aliphatic imine (C=N–C) groups is 1. The molecule has 1 N–H and O–H groups in total. The Morgan fingerprint density at radius 3 is 2.74 bits per heavy atom. The van der Waals surface area contributed by atoms with E-state index in [0.717, 1.165) is 23.4 Å². The smallest absolute Gasteiger partial charge is 0.281 e. The van der Waals surface area contributed by atoms with E-state index in [-0.39, 0.29) is 5.56 Å². The van der Waals surface area contributed by atoms with Gasteiger partial charge in [0.2, 0.25) is 0 Å². The Balaban J connectivity index is 2.00. The van der Waals surface area contributed by atoms with Gasteiger partial charge in [0.15, 0.2) is 5.82 Å². The molecule has 0 amide bonds. The lowest BCUT2D eigenvalue weighted by atomic mass is 10.1. The minimum absolute atomic E-state index is 0.154. The summed E-state index contributed by atoms with van der Waals surface area (Å²) in [4.78, 5) is 21.3. The van der Waals surface area contributed by atoms with Crippen LogP contribution in [0.25, 0.3) is 5.82 Å². The second kappa shape index (κ2) is 6.44. The fraction of sp³-hybridized carbons (Fsp3) is 0.167. The van der Waals surface area contributed by atoms with E-state index in [4.69, 9.17) is 0 Å². The Morgan fingerprint density at radius 2 is 2.00 bits per heavy atom.